The Labute approximate surface area is 145 Å². The van der Waals surface area contributed by atoms with E-state index < -0.39 is 0 Å². The van der Waals surface area contributed by atoms with Gasteiger partial charge < -0.3 is 15.5 Å². The predicted octanol–water partition coefficient (Wildman–Crippen LogP) is 2.97. The Morgan fingerprint density at radius 1 is 1.30 bits per heavy atom. The van der Waals surface area contributed by atoms with E-state index in [4.69, 9.17) is 4.99 Å². The summed E-state index contributed by atoms with van der Waals surface area (Å²) in [6.45, 7) is 11.0. The van der Waals surface area contributed by atoms with Gasteiger partial charge in [-0.2, -0.15) is 0 Å². The number of hydrogen-bond acceptors (Lipinski definition) is 3. The van der Waals surface area contributed by atoms with Crippen LogP contribution in [-0.4, -0.2) is 50.1 Å². The third kappa shape index (κ3) is 6.92. The zero-order valence-corrected chi connectivity index (χ0v) is 15.5. The molecule has 1 aromatic heterocycles. The molecule has 2 N–H and O–H groups in total. The van der Waals surface area contributed by atoms with E-state index in [0.29, 0.717) is 0 Å². The number of piperidine rings is 1. The molecule has 1 fully saturated rings. The third-order valence-electron chi connectivity index (χ3n) is 4.34. The van der Waals surface area contributed by atoms with Crippen molar-refractivity contribution in [2.75, 3.05) is 39.3 Å². The summed E-state index contributed by atoms with van der Waals surface area (Å²) >= 11 is 1.82. The van der Waals surface area contributed by atoms with E-state index in [0.717, 1.165) is 37.9 Å². The van der Waals surface area contributed by atoms with Gasteiger partial charge in [-0.25, -0.2) is 0 Å². The second kappa shape index (κ2) is 10.7. The minimum absolute atomic E-state index is 0.746. The average Bonchev–Trinajstić information content (AvgIpc) is 3.07. The van der Waals surface area contributed by atoms with E-state index in [9.17, 15) is 0 Å². The fourth-order valence-corrected chi connectivity index (χ4v) is 3.74. The Balaban J connectivity index is 1.70. The van der Waals surface area contributed by atoms with Crippen LogP contribution in [0.1, 0.15) is 38.0 Å². The molecule has 23 heavy (non-hydrogen) atoms. The minimum atomic E-state index is 0.746. The maximum atomic E-state index is 4.81. The van der Waals surface area contributed by atoms with Crippen LogP contribution in [0.3, 0.4) is 0 Å². The summed E-state index contributed by atoms with van der Waals surface area (Å²) in [5, 5.41) is 8.96. The quantitative estimate of drug-likeness (QED) is 0.566. The minimum Gasteiger partial charge on any atom is -0.357 e. The summed E-state index contributed by atoms with van der Waals surface area (Å²) in [5.74, 6) is 1.72. The SMILES string of the molecule is CCCN1CCC(CN=C(NCC)NCCc2cccs2)CC1. The second-order valence-corrected chi connectivity index (χ2v) is 7.29. The Kier molecular flexibility index (Phi) is 8.47. The molecule has 130 valence electrons. The van der Waals surface area contributed by atoms with E-state index >= 15 is 0 Å². The zero-order valence-electron chi connectivity index (χ0n) is 14.7. The molecule has 5 heteroatoms. The highest BCUT2D eigenvalue weighted by molar-refractivity contribution is 7.09. The highest BCUT2D eigenvalue weighted by Gasteiger charge is 2.18. The van der Waals surface area contributed by atoms with Crippen molar-refractivity contribution >= 4 is 17.3 Å². The Morgan fingerprint density at radius 3 is 2.78 bits per heavy atom. The molecular weight excluding hydrogens is 304 g/mol. The lowest BCUT2D eigenvalue weighted by molar-refractivity contribution is 0.188. The van der Waals surface area contributed by atoms with Crippen molar-refractivity contribution in [1.82, 2.24) is 15.5 Å². The molecule has 1 aliphatic rings. The van der Waals surface area contributed by atoms with Crippen molar-refractivity contribution < 1.29 is 0 Å². The molecule has 2 rings (SSSR count). The topological polar surface area (TPSA) is 39.7 Å². The number of guanidine groups is 1. The number of rotatable bonds is 8. The van der Waals surface area contributed by atoms with Gasteiger partial charge in [0.25, 0.3) is 0 Å². The number of nitrogens with one attached hydrogen (secondary N) is 2. The lowest BCUT2D eigenvalue weighted by Gasteiger charge is -2.31. The summed E-state index contributed by atoms with van der Waals surface area (Å²) in [6, 6.07) is 4.31. The van der Waals surface area contributed by atoms with E-state index in [1.165, 1.54) is 43.8 Å². The number of thiophene rings is 1. The highest BCUT2D eigenvalue weighted by Crippen LogP contribution is 2.17. The summed E-state index contributed by atoms with van der Waals surface area (Å²) in [4.78, 5) is 8.82. The maximum Gasteiger partial charge on any atom is 0.191 e. The van der Waals surface area contributed by atoms with Crippen LogP contribution >= 0.6 is 11.3 Å². The maximum absolute atomic E-state index is 4.81. The number of aliphatic imine (C=N–C) groups is 1. The van der Waals surface area contributed by atoms with Gasteiger partial charge in [0.2, 0.25) is 0 Å². The summed E-state index contributed by atoms with van der Waals surface area (Å²) < 4.78 is 0. The van der Waals surface area contributed by atoms with E-state index in [-0.39, 0.29) is 0 Å². The first-order valence-corrected chi connectivity index (χ1v) is 9.96. The van der Waals surface area contributed by atoms with Gasteiger partial charge in [-0.15, -0.1) is 11.3 Å². The number of likely N-dealkylation sites (tertiary alicyclic amines) is 1. The molecule has 0 aromatic carbocycles. The van der Waals surface area contributed by atoms with Gasteiger partial charge in [0.05, 0.1) is 0 Å². The van der Waals surface area contributed by atoms with Gasteiger partial charge >= 0.3 is 0 Å². The van der Waals surface area contributed by atoms with Gasteiger partial charge in [0.1, 0.15) is 0 Å². The number of nitrogens with zero attached hydrogens (tertiary/aromatic N) is 2. The molecule has 1 saturated heterocycles. The first kappa shape index (κ1) is 18.3. The average molecular weight is 337 g/mol. The largest absolute Gasteiger partial charge is 0.357 e. The zero-order chi connectivity index (χ0) is 16.3. The molecule has 0 bridgehead atoms. The van der Waals surface area contributed by atoms with Gasteiger partial charge in [0.15, 0.2) is 5.96 Å². The smallest absolute Gasteiger partial charge is 0.191 e. The molecule has 4 nitrogen and oxygen atoms in total. The van der Waals surface area contributed by atoms with Crippen molar-refractivity contribution in [3.05, 3.63) is 22.4 Å². The molecule has 0 amide bonds. The Morgan fingerprint density at radius 2 is 2.13 bits per heavy atom. The second-order valence-electron chi connectivity index (χ2n) is 6.26. The fraction of sp³-hybridized carbons (Fsp3) is 0.722. The van der Waals surface area contributed by atoms with Crippen LogP contribution in [0, 0.1) is 5.92 Å². The van der Waals surface area contributed by atoms with Crippen LogP contribution in [0.4, 0.5) is 0 Å². The van der Waals surface area contributed by atoms with E-state index in [1.807, 2.05) is 11.3 Å². The molecular formula is C18H32N4S. The van der Waals surface area contributed by atoms with Crippen molar-refractivity contribution in [3.63, 3.8) is 0 Å². The van der Waals surface area contributed by atoms with Gasteiger partial charge in [0, 0.05) is 24.5 Å². The summed E-state index contributed by atoms with van der Waals surface area (Å²) in [5.41, 5.74) is 0. The molecule has 0 unspecified atom stereocenters. The monoisotopic (exact) mass is 336 g/mol. The van der Waals surface area contributed by atoms with Crippen LogP contribution in [0.25, 0.3) is 0 Å². The first-order valence-electron chi connectivity index (χ1n) is 9.08. The normalized spacial score (nSPS) is 17.4. The van der Waals surface area contributed by atoms with Crippen LogP contribution in [0.15, 0.2) is 22.5 Å². The lowest BCUT2D eigenvalue weighted by Crippen LogP contribution is -2.39. The lowest BCUT2D eigenvalue weighted by atomic mass is 9.97. The van der Waals surface area contributed by atoms with E-state index in [2.05, 4.69) is 46.9 Å². The summed E-state index contributed by atoms with van der Waals surface area (Å²) in [6.07, 6.45) is 4.91. The van der Waals surface area contributed by atoms with Gasteiger partial charge in [-0.1, -0.05) is 13.0 Å². The molecule has 1 aliphatic heterocycles. The molecule has 0 atom stereocenters. The molecule has 0 saturated carbocycles. The van der Waals surface area contributed by atoms with Crippen LogP contribution in [0.2, 0.25) is 0 Å². The molecule has 0 spiro atoms. The van der Waals surface area contributed by atoms with E-state index in [1.54, 1.807) is 0 Å². The van der Waals surface area contributed by atoms with Gasteiger partial charge in [-0.3, -0.25) is 4.99 Å². The van der Waals surface area contributed by atoms with Crippen molar-refractivity contribution in [1.29, 1.82) is 0 Å². The first-order chi connectivity index (χ1) is 11.3. The highest BCUT2D eigenvalue weighted by atomic mass is 32.1. The predicted molar refractivity (Wildman–Crippen MR) is 101 cm³/mol. The Bertz CT molecular complexity index is 436. The van der Waals surface area contributed by atoms with Crippen LogP contribution in [0.5, 0.6) is 0 Å². The third-order valence-corrected chi connectivity index (χ3v) is 5.28. The molecule has 0 radical (unpaired) electrons. The van der Waals surface area contributed by atoms with Crippen molar-refractivity contribution in [2.45, 2.75) is 39.5 Å². The van der Waals surface area contributed by atoms with Crippen LogP contribution < -0.4 is 10.6 Å². The fourth-order valence-electron chi connectivity index (χ4n) is 3.03. The molecule has 0 aliphatic carbocycles. The number of hydrogen-bond donors (Lipinski definition) is 2. The van der Waals surface area contributed by atoms with Crippen LogP contribution in [-0.2, 0) is 6.42 Å². The van der Waals surface area contributed by atoms with Crippen molar-refractivity contribution in [3.8, 4) is 0 Å². The molecule has 2 heterocycles. The Hall–Kier alpha value is -1.07. The molecule has 1 aromatic rings. The summed E-state index contributed by atoms with van der Waals surface area (Å²) in [7, 11) is 0. The van der Waals surface area contributed by atoms with Crippen molar-refractivity contribution in [2.24, 2.45) is 10.9 Å². The standard InChI is InChI=1S/C18H32N4S/c1-3-11-22-12-8-16(9-13-22)15-21-18(19-4-2)20-10-7-17-6-5-14-23-17/h5-6,14,16H,3-4,7-13,15H2,1-2H3,(H2,19,20,21). The van der Waals surface area contributed by atoms with Gasteiger partial charge in [-0.05, 0) is 69.6 Å².